The molecule has 0 bridgehead atoms. The van der Waals surface area contributed by atoms with E-state index in [0.717, 1.165) is 43.7 Å². The molecule has 25 heavy (non-hydrogen) atoms. The molecule has 2 aromatic heterocycles. The van der Waals surface area contributed by atoms with Crippen LogP contribution < -0.4 is 10.2 Å². The summed E-state index contributed by atoms with van der Waals surface area (Å²) in [6.07, 6.45) is 8.28. The highest BCUT2D eigenvalue weighted by molar-refractivity contribution is 6.00. The van der Waals surface area contributed by atoms with Gasteiger partial charge >= 0.3 is 0 Å². The lowest BCUT2D eigenvalue weighted by Crippen LogP contribution is -2.42. The predicted molar refractivity (Wildman–Crippen MR) is 94.3 cm³/mol. The van der Waals surface area contributed by atoms with Gasteiger partial charge in [-0.1, -0.05) is 0 Å². The largest absolute Gasteiger partial charge is 0.381 e. The standard InChI is InChI=1S/C18H21N5O2/c24-16-12-21-17-18(23(16)8-3-13-4-9-25-10-5-13)22-15(11-20-17)14-1-6-19-7-2-14/h1-2,6-7,11,13H,3-5,8-10,12H2,(H,20,21). The molecule has 7 nitrogen and oxygen atoms in total. The van der Waals surface area contributed by atoms with E-state index in [0.29, 0.717) is 24.1 Å². The summed E-state index contributed by atoms with van der Waals surface area (Å²) in [6, 6.07) is 3.78. The molecule has 4 rings (SSSR count). The van der Waals surface area contributed by atoms with Crippen LogP contribution in [0.5, 0.6) is 0 Å². The average molecular weight is 339 g/mol. The third kappa shape index (κ3) is 3.46. The number of pyridine rings is 1. The maximum absolute atomic E-state index is 12.4. The summed E-state index contributed by atoms with van der Waals surface area (Å²) in [7, 11) is 0. The molecule has 4 heterocycles. The molecule has 1 fully saturated rings. The zero-order valence-corrected chi connectivity index (χ0v) is 14.0. The first-order chi connectivity index (χ1) is 12.3. The smallest absolute Gasteiger partial charge is 0.247 e. The molecular weight excluding hydrogens is 318 g/mol. The number of nitrogens with zero attached hydrogens (tertiary/aromatic N) is 4. The van der Waals surface area contributed by atoms with Crippen molar-refractivity contribution in [1.29, 1.82) is 0 Å². The molecule has 2 aliphatic heterocycles. The Morgan fingerprint density at radius 3 is 2.84 bits per heavy atom. The number of nitrogens with one attached hydrogen (secondary N) is 1. The van der Waals surface area contributed by atoms with Crippen molar-refractivity contribution < 1.29 is 9.53 Å². The van der Waals surface area contributed by atoms with Crippen LogP contribution in [-0.2, 0) is 9.53 Å². The summed E-state index contributed by atoms with van der Waals surface area (Å²) in [5, 5.41) is 3.06. The number of fused-ring (bicyclic) bond motifs is 1. The monoisotopic (exact) mass is 339 g/mol. The Balaban J connectivity index is 1.57. The van der Waals surface area contributed by atoms with Gasteiger partial charge in [-0.2, -0.15) is 0 Å². The van der Waals surface area contributed by atoms with Crippen LogP contribution in [0.3, 0.4) is 0 Å². The van der Waals surface area contributed by atoms with Gasteiger partial charge in [0.1, 0.15) is 0 Å². The Labute approximate surface area is 146 Å². The van der Waals surface area contributed by atoms with Crippen LogP contribution in [0.25, 0.3) is 11.3 Å². The minimum atomic E-state index is 0.0423. The first-order valence-electron chi connectivity index (χ1n) is 8.70. The highest BCUT2D eigenvalue weighted by Gasteiger charge is 2.27. The number of anilines is 2. The number of hydrogen-bond acceptors (Lipinski definition) is 6. The molecule has 0 unspecified atom stereocenters. The lowest BCUT2D eigenvalue weighted by Gasteiger charge is -2.30. The Morgan fingerprint density at radius 2 is 2.04 bits per heavy atom. The maximum atomic E-state index is 12.4. The van der Waals surface area contributed by atoms with Crippen LogP contribution in [0, 0.1) is 5.92 Å². The lowest BCUT2D eigenvalue weighted by molar-refractivity contribution is -0.117. The maximum Gasteiger partial charge on any atom is 0.247 e. The lowest BCUT2D eigenvalue weighted by atomic mass is 9.96. The van der Waals surface area contributed by atoms with E-state index in [1.54, 1.807) is 23.5 Å². The van der Waals surface area contributed by atoms with E-state index in [9.17, 15) is 4.79 Å². The normalized spacial score (nSPS) is 17.9. The van der Waals surface area contributed by atoms with E-state index >= 15 is 0 Å². The minimum Gasteiger partial charge on any atom is -0.381 e. The molecule has 0 atom stereocenters. The van der Waals surface area contributed by atoms with E-state index < -0.39 is 0 Å². The molecule has 0 aliphatic carbocycles. The van der Waals surface area contributed by atoms with Crippen molar-refractivity contribution in [2.75, 3.05) is 36.5 Å². The van der Waals surface area contributed by atoms with E-state index in [4.69, 9.17) is 9.72 Å². The average Bonchev–Trinajstić information content (AvgIpc) is 2.68. The highest BCUT2D eigenvalue weighted by atomic mass is 16.5. The Bertz CT molecular complexity index is 746. The summed E-state index contributed by atoms with van der Waals surface area (Å²) < 4.78 is 5.42. The van der Waals surface area contributed by atoms with Crippen molar-refractivity contribution in [2.24, 2.45) is 5.92 Å². The van der Waals surface area contributed by atoms with E-state index in [-0.39, 0.29) is 12.5 Å². The van der Waals surface area contributed by atoms with Crippen LogP contribution in [0.2, 0.25) is 0 Å². The number of rotatable bonds is 4. The van der Waals surface area contributed by atoms with E-state index in [1.165, 1.54) is 0 Å². The molecule has 1 amide bonds. The predicted octanol–water partition coefficient (Wildman–Crippen LogP) is 2.11. The van der Waals surface area contributed by atoms with Gasteiger partial charge in [0.15, 0.2) is 11.6 Å². The molecule has 0 saturated carbocycles. The number of hydrogen-bond donors (Lipinski definition) is 1. The molecular formula is C18H21N5O2. The Morgan fingerprint density at radius 1 is 1.24 bits per heavy atom. The van der Waals surface area contributed by atoms with Crippen molar-refractivity contribution in [2.45, 2.75) is 19.3 Å². The number of ether oxygens (including phenoxy) is 1. The molecule has 2 aliphatic rings. The van der Waals surface area contributed by atoms with Crippen LogP contribution in [0.1, 0.15) is 19.3 Å². The zero-order chi connectivity index (χ0) is 17.1. The molecule has 0 aromatic carbocycles. The van der Waals surface area contributed by atoms with E-state index in [1.807, 2.05) is 12.1 Å². The van der Waals surface area contributed by atoms with Crippen molar-refractivity contribution in [1.82, 2.24) is 15.0 Å². The first-order valence-corrected chi connectivity index (χ1v) is 8.70. The highest BCUT2D eigenvalue weighted by Crippen LogP contribution is 2.29. The summed E-state index contributed by atoms with van der Waals surface area (Å²) >= 11 is 0. The van der Waals surface area contributed by atoms with Gasteiger partial charge in [0, 0.05) is 37.7 Å². The van der Waals surface area contributed by atoms with Crippen molar-refractivity contribution in [3.63, 3.8) is 0 Å². The van der Waals surface area contributed by atoms with Gasteiger partial charge in [-0.3, -0.25) is 14.7 Å². The van der Waals surface area contributed by atoms with Crippen LogP contribution in [0.4, 0.5) is 11.6 Å². The van der Waals surface area contributed by atoms with Crippen LogP contribution in [-0.4, -0.2) is 47.2 Å². The van der Waals surface area contributed by atoms with Gasteiger partial charge in [0.25, 0.3) is 0 Å². The molecule has 130 valence electrons. The fraction of sp³-hybridized carbons (Fsp3) is 0.444. The molecule has 1 N–H and O–H groups in total. The third-order valence-corrected chi connectivity index (χ3v) is 4.80. The van der Waals surface area contributed by atoms with Crippen molar-refractivity contribution in [3.8, 4) is 11.3 Å². The third-order valence-electron chi connectivity index (χ3n) is 4.80. The second-order valence-corrected chi connectivity index (χ2v) is 6.41. The second kappa shape index (κ2) is 7.14. The number of aromatic nitrogens is 3. The first kappa shape index (κ1) is 16.0. The van der Waals surface area contributed by atoms with Gasteiger partial charge in [-0.05, 0) is 37.3 Å². The van der Waals surface area contributed by atoms with Gasteiger partial charge < -0.3 is 10.1 Å². The fourth-order valence-corrected chi connectivity index (χ4v) is 3.30. The SMILES string of the molecule is O=C1CNc2ncc(-c3ccncc3)nc2N1CCC1CCOCC1. The van der Waals surface area contributed by atoms with E-state index in [2.05, 4.69) is 15.3 Å². The summed E-state index contributed by atoms with van der Waals surface area (Å²) in [4.78, 5) is 27.4. The summed E-state index contributed by atoms with van der Waals surface area (Å²) in [5.41, 5.74) is 1.68. The van der Waals surface area contributed by atoms with Crippen molar-refractivity contribution in [3.05, 3.63) is 30.7 Å². The van der Waals surface area contributed by atoms with Gasteiger partial charge in [-0.15, -0.1) is 0 Å². The molecule has 1 saturated heterocycles. The topological polar surface area (TPSA) is 80.2 Å². The molecule has 7 heteroatoms. The van der Waals surface area contributed by atoms with Gasteiger partial charge in [0.05, 0.1) is 18.4 Å². The number of carbonyl (C=O) groups excluding carboxylic acids is 1. The van der Waals surface area contributed by atoms with Gasteiger partial charge in [-0.25, -0.2) is 9.97 Å². The quantitative estimate of drug-likeness (QED) is 0.919. The fourth-order valence-electron chi connectivity index (χ4n) is 3.30. The second-order valence-electron chi connectivity index (χ2n) is 6.41. The van der Waals surface area contributed by atoms with Crippen LogP contribution in [0.15, 0.2) is 30.7 Å². The minimum absolute atomic E-state index is 0.0423. The zero-order valence-electron chi connectivity index (χ0n) is 14.0. The Hall–Kier alpha value is -2.54. The molecule has 0 radical (unpaired) electrons. The summed E-state index contributed by atoms with van der Waals surface area (Å²) in [6.45, 7) is 2.59. The Kier molecular flexibility index (Phi) is 4.56. The van der Waals surface area contributed by atoms with Crippen molar-refractivity contribution >= 4 is 17.5 Å². The van der Waals surface area contributed by atoms with Gasteiger partial charge in [0.2, 0.25) is 5.91 Å². The molecule has 2 aromatic rings. The number of amides is 1. The number of carbonyl (C=O) groups is 1. The molecule has 0 spiro atoms. The van der Waals surface area contributed by atoms with Crippen LogP contribution >= 0.6 is 0 Å². The summed E-state index contributed by atoms with van der Waals surface area (Å²) in [5.74, 6) is 1.94.